The van der Waals surface area contributed by atoms with Crippen molar-refractivity contribution < 1.29 is 16.8 Å². The number of unbranched alkanes of at least 4 members (excludes halogenated alkanes) is 6. The van der Waals surface area contributed by atoms with Crippen LogP contribution < -0.4 is 9.80 Å². The first-order chi connectivity index (χ1) is 50.7. The topological polar surface area (TPSA) is 74.8 Å². The number of nitrogens with zero attached hydrogens (tertiary/aromatic N) is 2. The number of hydrogen-bond acceptors (Lipinski definition) is 6. The molecule has 6 nitrogen and oxygen atoms in total. The van der Waals surface area contributed by atoms with E-state index in [1.807, 2.05) is 12.1 Å². The van der Waals surface area contributed by atoms with Crippen molar-refractivity contribution in [2.75, 3.05) is 9.80 Å². The van der Waals surface area contributed by atoms with Crippen molar-refractivity contribution >= 4 is 53.8 Å². The van der Waals surface area contributed by atoms with Gasteiger partial charge < -0.3 is 9.80 Å². The summed E-state index contributed by atoms with van der Waals surface area (Å²) in [5, 5.41) is 0. The standard InChI is InChI=1S/C96H88N2O4S2/c1-5-7-9-13-23-81-61-96(94-56-54-92(58-68(94)4)98(90-51-43-78(44-52-90)80-34-36-84-64-104(101,102)66-86(84)60-80)88-47-39-76(40-48-88)74-31-27-72(28-32-74)70-21-17-12-18-22-70)82(24-14-10-8-6-2)62-95(81)93-55-53-91(57-67(93)3)97(89-49-41-77(42-50-89)79-33-35-83-63-103(99,100)65-85(83)59-79)87-45-37-75(38-46-87)73-29-25-71(26-30-73)69-19-15-11-16-20-69/h11-12,15-22,25-62H,5-10,13-14,23-24,63-66H2,1-4H3. The number of aryl methyl sites for hydroxylation is 4. The molecular weight excluding hydrogens is 1310 g/mol. The van der Waals surface area contributed by atoms with Crippen LogP contribution in [0.4, 0.5) is 34.1 Å². The van der Waals surface area contributed by atoms with Gasteiger partial charge in [-0.2, -0.15) is 0 Å². The lowest BCUT2D eigenvalue weighted by atomic mass is 9.84. The third-order valence-electron chi connectivity index (χ3n) is 21.2. The first kappa shape index (κ1) is 69.1. The lowest BCUT2D eigenvalue weighted by Gasteiger charge is -2.28. The first-order valence-electron chi connectivity index (χ1n) is 37.1. The number of anilines is 6. The zero-order valence-corrected chi connectivity index (χ0v) is 61.6. The van der Waals surface area contributed by atoms with Gasteiger partial charge in [-0.25, -0.2) is 16.8 Å². The maximum absolute atomic E-state index is 12.6. The van der Waals surface area contributed by atoms with Crippen molar-refractivity contribution in [3.8, 4) is 89.0 Å². The summed E-state index contributed by atoms with van der Waals surface area (Å²) in [5.41, 5.74) is 33.6. The summed E-state index contributed by atoms with van der Waals surface area (Å²) in [5.74, 6) is 0.387. The van der Waals surface area contributed by atoms with Gasteiger partial charge in [-0.05, 0) is 258 Å². The third kappa shape index (κ3) is 15.2. The zero-order valence-electron chi connectivity index (χ0n) is 60.0. The molecule has 0 aliphatic carbocycles. The smallest absolute Gasteiger partial charge is 0.158 e. The number of fused-ring (bicyclic) bond motifs is 2. The van der Waals surface area contributed by atoms with Crippen LogP contribution in [0.3, 0.4) is 0 Å². The van der Waals surface area contributed by atoms with Crippen molar-refractivity contribution in [1.29, 1.82) is 0 Å². The van der Waals surface area contributed by atoms with Crippen LogP contribution in [-0.4, -0.2) is 16.8 Å². The van der Waals surface area contributed by atoms with Crippen molar-refractivity contribution in [1.82, 2.24) is 0 Å². The lowest BCUT2D eigenvalue weighted by Crippen LogP contribution is -2.10. The highest BCUT2D eigenvalue weighted by molar-refractivity contribution is 7.90. The summed E-state index contributed by atoms with van der Waals surface area (Å²) < 4.78 is 50.6. The molecule has 13 aromatic carbocycles. The Morgan fingerprint density at radius 3 is 0.827 bits per heavy atom. The normalized spacial score (nSPS) is 13.3. The molecule has 0 atom stereocenters. The van der Waals surface area contributed by atoms with E-state index in [-0.39, 0.29) is 23.0 Å². The Morgan fingerprint density at radius 1 is 0.250 bits per heavy atom. The van der Waals surface area contributed by atoms with E-state index in [1.54, 1.807) is 0 Å². The molecule has 0 amide bonds. The van der Waals surface area contributed by atoms with Gasteiger partial charge in [-0.1, -0.05) is 259 Å². The maximum atomic E-state index is 12.6. The summed E-state index contributed by atoms with van der Waals surface area (Å²) >= 11 is 0. The number of benzene rings is 13. The van der Waals surface area contributed by atoms with Gasteiger partial charge in [0.2, 0.25) is 0 Å². The average Bonchev–Trinajstić information content (AvgIpc) is 0.910. The molecule has 0 radical (unpaired) electrons. The fraction of sp³-hybridized carbons (Fsp3) is 0.188. The molecular formula is C96H88N2O4S2. The Morgan fingerprint density at radius 2 is 0.519 bits per heavy atom. The van der Waals surface area contributed by atoms with Crippen LogP contribution in [0.2, 0.25) is 0 Å². The molecule has 15 rings (SSSR count). The van der Waals surface area contributed by atoms with Gasteiger partial charge in [0.25, 0.3) is 0 Å². The van der Waals surface area contributed by atoms with Gasteiger partial charge in [0.05, 0.1) is 23.0 Å². The molecule has 0 saturated carbocycles. The fourth-order valence-corrected chi connectivity index (χ4v) is 18.8. The van der Waals surface area contributed by atoms with E-state index in [0.29, 0.717) is 0 Å². The second kappa shape index (κ2) is 30.4. The van der Waals surface area contributed by atoms with Gasteiger partial charge in [0.1, 0.15) is 0 Å². The molecule has 2 heterocycles. The quantitative estimate of drug-likeness (QED) is 0.0561. The fourth-order valence-electron chi connectivity index (χ4n) is 15.6. The van der Waals surface area contributed by atoms with E-state index >= 15 is 0 Å². The van der Waals surface area contributed by atoms with E-state index in [1.165, 1.54) is 105 Å². The molecule has 0 bridgehead atoms. The molecule has 0 aromatic heterocycles. The van der Waals surface area contributed by atoms with Crippen molar-refractivity contribution in [3.05, 3.63) is 336 Å². The first-order valence-corrected chi connectivity index (χ1v) is 40.7. The van der Waals surface area contributed by atoms with Gasteiger partial charge in [0.15, 0.2) is 19.7 Å². The third-order valence-corrected chi connectivity index (χ3v) is 24.2. The molecule has 0 spiro atoms. The summed E-state index contributed by atoms with van der Waals surface area (Å²) in [6.45, 7) is 9.15. The van der Waals surface area contributed by atoms with Crippen LogP contribution in [0, 0.1) is 13.8 Å². The van der Waals surface area contributed by atoms with Crippen LogP contribution in [0.25, 0.3) is 89.0 Å². The SMILES string of the molecule is CCCCCCc1cc(-c2ccc(N(c3ccc(-c4ccc(-c5ccccc5)cc4)cc3)c3ccc(-c4ccc5c(c4)CS(=O)(=O)C5)cc3)cc2C)c(CCCCCC)cc1-c1ccc(N(c2ccc(-c3ccc(-c4ccccc4)cc3)cc2)c2ccc(-c3ccc4c(c3)CS(=O)(=O)C4)cc2)cc1C. The molecule has 2 aliphatic rings. The minimum Gasteiger partial charge on any atom is -0.310 e. The van der Waals surface area contributed by atoms with Crippen LogP contribution in [0.1, 0.15) is 110 Å². The molecule has 13 aromatic rings. The zero-order chi connectivity index (χ0) is 71.3. The van der Waals surface area contributed by atoms with E-state index in [0.717, 1.165) is 127 Å². The largest absolute Gasteiger partial charge is 0.310 e. The van der Waals surface area contributed by atoms with Crippen LogP contribution >= 0.6 is 0 Å². The highest BCUT2D eigenvalue weighted by atomic mass is 32.2. The maximum Gasteiger partial charge on any atom is 0.158 e. The second-order valence-electron chi connectivity index (χ2n) is 28.6. The second-order valence-corrected chi connectivity index (χ2v) is 32.7. The van der Waals surface area contributed by atoms with Crippen LogP contribution in [0.5, 0.6) is 0 Å². The van der Waals surface area contributed by atoms with Gasteiger partial charge in [-0.3, -0.25) is 0 Å². The van der Waals surface area contributed by atoms with Gasteiger partial charge in [0, 0.05) is 34.1 Å². The Hall–Kier alpha value is -10.6. The predicted octanol–water partition coefficient (Wildman–Crippen LogP) is 25.7. The van der Waals surface area contributed by atoms with Crippen LogP contribution in [0.15, 0.2) is 291 Å². The Balaban J connectivity index is 0.787. The number of rotatable bonds is 24. The molecule has 0 N–H and O–H groups in total. The lowest BCUT2D eigenvalue weighted by molar-refractivity contribution is 0.596. The Bertz CT molecular complexity index is 5120. The minimum absolute atomic E-state index is 0.0870. The highest BCUT2D eigenvalue weighted by Gasteiger charge is 2.27. The predicted molar refractivity (Wildman–Crippen MR) is 437 cm³/mol. The van der Waals surface area contributed by atoms with E-state index in [4.69, 9.17) is 0 Å². The Kier molecular flexibility index (Phi) is 20.2. The minimum atomic E-state index is -3.13. The van der Waals surface area contributed by atoms with Crippen molar-refractivity contribution in [2.45, 2.75) is 115 Å². The molecule has 518 valence electrons. The summed E-state index contributed by atoms with van der Waals surface area (Å²) in [6.07, 6.45) is 11.2. The van der Waals surface area contributed by atoms with E-state index in [2.05, 4.69) is 317 Å². The molecule has 0 unspecified atom stereocenters. The average molecular weight is 1400 g/mol. The molecule has 0 fully saturated rings. The van der Waals surface area contributed by atoms with Crippen LogP contribution in [-0.2, 0) is 55.5 Å². The molecule has 104 heavy (non-hydrogen) atoms. The summed E-state index contributed by atoms with van der Waals surface area (Å²) in [7, 11) is -6.26. The summed E-state index contributed by atoms with van der Waals surface area (Å²) in [6, 6.07) is 105. The summed E-state index contributed by atoms with van der Waals surface area (Å²) in [4.78, 5) is 4.73. The molecule has 0 saturated heterocycles. The van der Waals surface area contributed by atoms with Crippen molar-refractivity contribution in [2.24, 2.45) is 0 Å². The monoisotopic (exact) mass is 1400 g/mol. The molecule has 8 heteroatoms. The number of sulfone groups is 2. The van der Waals surface area contributed by atoms with Gasteiger partial charge >= 0.3 is 0 Å². The van der Waals surface area contributed by atoms with E-state index < -0.39 is 19.7 Å². The Labute approximate surface area is 615 Å². The van der Waals surface area contributed by atoms with Crippen molar-refractivity contribution in [3.63, 3.8) is 0 Å². The number of hydrogen-bond donors (Lipinski definition) is 0. The van der Waals surface area contributed by atoms with E-state index in [9.17, 15) is 16.8 Å². The van der Waals surface area contributed by atoms with Gasteiger partial charge in [-0.15, -0.1) is 0 Å². The highest BCUT2D eigenvalue weighted by Crippen LogP contribution is 2.45. The molecule has 2 aliphatic heterocycles.